The number of primary amides is 1. The summed E-state index contributed by atoms with van der Waals surface area (Å²) in [6.45, 7) is 0.0449. The quantitative estimate of drug-likeness (QED) is 0.570. The van der Waals surface area contributed by atoms with E-state index in [9.17, 15) is 9.90 Å². The monoisotopic (exact) mass is 246 g/mol. The molecule has 94 valence electrons. The molecule has 0 radical (unpaired) electrons. The Balaban J connectivity index is 2.29. The number of amides is 1. The van der Waals surface area contributed by atoms with E-state index >= 15 is 0 Å². The van der Waals surface area contributed by atoms with Gasteiger partial charge in [0.1, 0.15) is 6.10 Å². The van der Waals surface area contributed by atoms with Gasteiger partial charge in [0.15, 0.2) is 0 Å². The summed E-state index contributed by atoms with van der Waals surface area (Å²) in [5.41, 5.74) is 12.8. The molecule has 0 aliphatic carbocycles. The lowest BCUT2D eigenvalue weighted by Gasteiger charge is -2.12. The van der Waals surface area contributed by atoms with E-state index in [4.69, 9.17) is 11.5 Å². The number of rotatable bonds is 4. The zero-order valence-corrected chi connectivity index (χ0v) is 9.63. The second-order valence-electron chi connectivity index (χ2n) is 3.90. The molecule has 1 heterocycles. The molecule has 6 N–H and O–H groups in total. The summed E-state index contributed by atoms with van der Waals surface area (Å²) in [5.74, 6) is -0.764. The molecule has 2 aromatic rings. The largest absolute Gasteiger partial charge is 0.397 e. The Morgan fingerprint density at radius 1 is 1.44 bits per heavy atom. The molecule has 1 aromatic heterocycles. The first-order valence-corrected chi connectivity index (χ1v) is 5.44. The molecule has 0 aliphatic heterocycles. The number of hydrogen-bond acceptors (Lipinski definition) is 5. The maximum Gasteiger partial charge on any atom is 0.248 e. The summed E-state index contributed by atoms with van der Waals surface area (Å²) in [7, 11) is 0. The molecule has 0 aliphatic rings. The van der Waals surface area contributed by atoms with Gasteiger partial charge in [-0.2, -0.15) is 0 Å². The molecule has 1 unspecified atom stereocenters. The molecule has 18 heavy (non-hydrogen) atoms. The third-order valence-corrected chi connectivity index (χ3v) is 2.62. The Labute approximate surface area is 104 Å². The van der Waals surface area contributed by atoms with Crippen molar-refractivity contribution in [1.82, 2.24) is 4.98 Å². The summed E-state index contributed by atoms with van der Waals surface area (Å²) in [5, 5.41) is 13.1. The Morgan fingerprint density at radius 3 is 2.94 bits per heavy atom. The van der Waals surface area contributed by atoms with E-state index in [1.807, 2.05) is 12.1 Å². The summed E-state index contributed by atoms with van der Waals surface area (Å²) >= 11 is 0. The Bertz CT molecular complexity index is 585. The maximum atomic E-state index is 10.7. The zero-order chi connectivity index (χ0) is 13.1. The predicted octanol–water partition coefficient (Wildman–Crippen LogP) is 0.0751. The average molecular weight is 246 g/mol. The summed E-state index contributed by atoms with van der Waals surface area (Å²) < 4.78 is 0. The molecule has 0 spiro atoms. The van der Waals surface area contributed by atoms with Crippen LogP contribution in [-0.2, 0) is 4.79 Å². The average Bonchev–Trinajstić information content (AvgIpc) is 2.36. The van der Waals surface area contributed by atoms with E-state index in [-0.39, 0.29) is 6.54 Å². The van der Waals surface area contributed by atoms with Gasteiger partial charge < -0.3 is 21.9 Å². The number of carbonyl (C=O) groups is 1. The third-order valence-electron chi connectivity index (χ3n) is 2.62. The van der Waals surface area contributed by atoms with Gasteiger partial charge in [-0.3, -0.25) is 9.78 Å². The van der Waals surface area contributed by atoms with Crippen LogP contribution in [0.3, 0.4) is 0 Å². The first-order chi connectivity index (χ1) is 8.59. The van der Waals surface area contributed by atoms with E-state index < -0.39 is 12.0 Å². The summed E-state index contributed by atoms with van der Waals surface area (Å²) in [4.78, 5) is 14.9. The zero-order valence-electron chi connectivity index (χ0n) is 9.63. The number of nitrogen functional groups attached to an aromatic ring is 1. The molecular formula is C12H14N4O2. The van der Waals surface area contributed by atoms with Crippen molar-refractivity contribution in [3.63, 3.8) is 0 Å². The minimum atomic E-state index is -1.23. The number of aliphatic hydroxyl groups excluding tert-OH is 1. The first-order valence-electron chi connectivity index (χ1n) is 5.44. The minimum absolute atomic E-state index is 0.0449. The van der Waals surface area contributed by atoms with Crippen molar-refractivity contribution in [2.24, 2.45) is 5.73 Å². The van der Waals surface area contributed by atoms with Gasteiger partial charge in [0.25, 0.3) is 0 Å². The van der Waals surface area contributed by atoms with Gasteiger partial charge >= 0.3 is 0 Å². The van der Waals surface area contributed by atoms with Crippen molar-refractivity contribution < 1.29 is 9.90 Å². The second-order valence-corrected chi connectivity index (χ2v) is 3.90. The first kappa shape index (κ1) is 12.1. The van der Waals surface area contributed by atoms with Gasteiger partial charge in [-0.15, -0.1) is 0 Å². The molecule has 0 bridgehead atoms. The number of carbonyl (C=O) groups excluding carboxylic acids is 1. The van der Waals surface area contributed by atoms with Gasteiger partial charge in [-0.05, 0) is 12.1 Å². The molecule has 0 saturated heterocycles. The van der Waals surface area contributed by atoms with Gasteiger partial charge in [0.2, 0.25) is 5.91 Å². The molecule has 1 atom stereocenters. The van der Waals surface area contributed by atoms with Crippen molar-refractivity contribution in [3.05, 3.63) is 30.5 Å². The number of para-hydroxylation sites is 1. The lowest BCUT2D eigenvalue weighted by molar-refractivity contribution is -0.125. The van der Waals surface area contributed by atoms with Crippen LogP contribution in [0.2, 0.25) is 0 Å². The number of hydrogen-bond donors (Lipinski definition) is 4. The topological polar surface area (TPSA) is 114 Å². The number of aliphatic hydroxyl groups is 1. The molecule has 0 fully saturated rings. The third kappa shape index (κ3) is 2.33. The highest BCUT2D eigenvalue weighted by Crippen LogP contribution is 2.25. The second kappa shape index (κ2) is 4.89. The van der Waals surface area contributed by atoms with Crippen LogP contribution in [0.15, 0.2) is 30.5 Å². The van der Waals surface area contributed by atoms with Crippen LogP contribution in [0.4, 0.5) is 11.4 Å². The van der Waals surface area contributed by atoms with Gasteiger partial charge in [0, 0.05) is 23.8 Å². The van der Waals surface area contributed by atoms with Crippen molar-refractivity contribution >= 4 is 28.2 Å². The maximum absolute atomic E-state index is 10.7. The molecule has 2 rings (SSSR count). The Hall–Kier alpha value is -2.34. The number of nitrogens with one attached hydrogen (secondary N) is 1. The van der Waals surface area contributed by atoms with Crippen LogP contribution in [0.1, 0.15) is 0 Å². The van der Waals surface area contributed by atoms with Crippen molar-refractivity contribution in [2.75, 3.05) is 17.6 Å². The highest BCUT2D eigenvalue weighted by atomic mass is 16.3. The highest BCUT2D eigenvalue weighted by molar-refractivity contribution is 5.97. The fourth-order valence-electron chi connectivity index (χ4n) is 1.66. The highest BCUT2D eigenvalue weighted by Gasteiger charge is 2.11. The molecule has 6 nitrogen and oxygen atoms in total. The number of nitrogens with zero attached hydrogens (tertiary/aromatic N) is 1. The van der Waals surface area contributed by atoms with E-state index in [1.54, 1.807) is 18.3 Å². The van der Waals surface area contributed by atoms with Gasteiger partial charge in [-0.25, -0.2) is 0 Å². The van der Waals surface area contributed by atoms with Crippen LogP contribution in [0, 0.1) is 0 Å². The number of benzene rings is 1. The minimum Gasteiger partial charge on any atom is -0.397 e. The molecular weight excluding hydrogens is 232 g/mol. The lowest BCUT2D eigenvalue weighted by Crippen LogP contribution is -2.34. The lowest BCUT2D eigenvalue weighted by atomic mass is 10.1. The van der Waals surface area contributed by atoms with Crippen molar-refractivity contribution in [1.29, 1.82) is 0 Å². The van der Waals surface area contributed by atoms with Crippen LogP contribution >= 0.6 is 0 Å². The van der Waals surface area contributed by atoms with Crippen LogP contribution < -0.4 is 16.8 Å². The van der Waals surface area contributed by atoms with E-state index in [2.05, 4.69) is 10.3 Å². The normalized spacial score (nSPS) is 12.3. The van der Waals surface area contributed by atoms with Crippen LogP contribution in [-0.4, -0.2) is 28.6 Å². The molecule has 6 heteroatoms. The number of pyridine rings is 1. The SMILES string of the molecule is NC(=O)C(O)CNc1ccnc2c(N)cccc12. The number of aromatic nitrogens is 1. The standard InChI is InChI=1S/C12H14N4O2/c13-8-3-1-2-7-9(4-5-15-11(7)8)16-6-10(17)12(14)18/h1-5,10,17H,6,13H2,(H2,14,18)(H,15,16). The smallest absolute Gasteiger partial charge is 0.248 e. The Kier molecular flexibility index (Phi) is 3.29. The fourth-order valence-corrected chi connectivity index (χ4v) is 1.66. The fraction of sp³-hybridized carbons (Fsp3) is 0.167. The number of nitrogens with two attached hydrogens (primary N) is 2. The van der Waals surface area contributed by atoms with E-state index in [0.717, 1.165) is 11.1 Å². The number of fused-ring (bicyclic) bond motifs is 1. The molecule has 1 amide bonds. The van der Waals surface area contributed by atoms with Crippen LogP contribution in [0.5, 0.6) is 0 Å². The predicted molar refractivity (Wildman–Crippen MR) is 69.8 cm³/mol. The van der Waals surface area contributed by atoms with Crippen molar-refractivity contribution in [3.8, 4) is 0 Å². The van der Waals surface area contributed by atoms with Crippen LogP contribution in [0.25, 0.3) is 10.9 Å². The van der Waals surface area contributed by atoms with Gasteiger partial charge in [-0.1, -0.05) is 12.1 Å². The van der Waals surface area contributed by atoms with E-state index in [0.29, 0.717) is 11.2 Å². The summed E-state index contributed by atoms with van der Waals surface area (Å²) in [6.07, 6.45) is 0.381. The van der Waals surface area contributed by atoms with E-state index in [1.165, 1.54) is 0 Å². The van der Waals surface area contributed by atoms with Gasteiger partial charge in [0.05, 0.1) is 11.2 Å². The van der Waals surface area contributed by atoms with Crippen molar-refractivity contribution in [2.45, 2.75) is 6.10 Å². The Morgan fingerprint density at radius 2 is 2.22 bits per heavy atom. The molecule has 1 aromatic carbocycles. The number of anilines is 2. The molecule has 0 saturated carbocycles. The summed E-state index contributed by atoms with van der Waals surface area (Å²) in [6, 6.07) is 7.18.